The summed E-state index contributed by atoms with van der Waals surface area (Å²) in [6, 6.07) is 12.3. The molecule has 0 unspecified atom stereocenters. The van der Waals surface area contributed by atoms with Gasteiger partial charge < -0.3 is 15.0 Å². The largest absolute Gasteiger partial charge is 0.381 e. The molecule has 0 aliphatic carbocycles. The average Bonchev–Trinajstić information content (AvgIpc) is 3.21. The molecular formula is C25H25ClN4O4S. The third-order valence-electron chi connectivity index (χ3n) is 6.36. The molecule has 3 heterocycles. The number of fused-ring (bicyclic) bond motifs is 1. The van der Waals surface area contributed by atoms with Gasteiger partial charge in [0, 0.05) is 30.4 Å². The van der Waals surface area contributed by atoms with Gasteiger partial charge in [0.2, 0.25) is 5.95 Å². The van der Waals surface area contributed by atoms with Gasteiger partial charge in [0.15, 0.2) is 9.84 Å². The van der Waals surface area contributed by atoms with Crippen LogP contribution < -0.4 is 10.2 Å². The molecule has 5 rings (SSSR count). The van der Waals surface area contributed by atoms with Crippen molar-refractivity contribution in [1.29, 1.82) is 0 Å². The van der Waals surface area contributed by atoms with Gasteiger partial charge in [0.1, 0.15) is 0 Å². The Balaban J connectivity index is 1.46. The molecule has 8 nitrogen and oxygen atoms in total. The summed E-state index contributed by atoms with van der Waals surface area (Å²) in [4.78, 5) is 24.0. The summed E-state index contributed by atoms with van der Waals surface area (Å²) in [6.07, 6.45) is 3.30. The Labute approximate surface area is 209 Å². The van der Waals surface area contributed by atoms with E-state index in [0.29, 0.717) is 53.2 Å². The van der Waals surface area contributed by atoms with Crippen molar-refractivity contribution < 1.29 is 17.9 Å². The lowest BCUT2D eigenvalue weighted by Crippen LogP contribution is -2.28. The van der Waals surface area contributed by atoms with Crippen molar-refractivity contribution in [3.63, 3.8) is 0 Å². The summed E-state index contributed by atoms with van der Waals surface area (Å²) in [5.74, 6) is 0.175. The molecule has 10 heteroatoms. The second-order valence-electron chi connectivity index (χ2n) is 8.56. The Kier molecular flexibility index (Phi) is 6.48. The number of amides is 1. The minimum Gasteiger partial charge on any atom is -0.381 e. The van der Waals surface area contributed by atoms with Crippen molar-refractivity contribution >= 4 is 39.0 Å². The van der Waals surface area contributed by atoms with Crippen LogP contribution in [0.15, 0.2) is 53.6 Å². The van der Waals surface area contributed by atoms with Gasteiger partial charge in [-0.25, -0.2) is 18.4 Å². The van der Waals surface area contributed by atoms with Crippen molar-refractivity contribution in [3.05, 3.63) is 64.8 Å². The van der Waals surface area contributed by atoms with E-state index < -0.39 is 9.84 Å². The molecule has 1 amide bonds. The number of sulfone groups is 1. The predicted molar refractivity (Wildman–Crippen MR) is 135 cm³/mol. The van der Waals surface area contributed by atoms with Crippen molar-refractivity contribution in [2.45, 2.75) is 37.2 Å². The van der Waals surface area contributed by atoms with E-state index in [4.69, 9.17) is 16.3 Å². The van der Waals surface area contributed by atoms with E-state index in [1.165, 1.54) is 4.90 Å². The Bertz CT molecular complexity index is 1390. The van der Waals surface area contributed by atoms with Gasteiger partial charge in [0.25, 0.3) is 5.91 Å². The van der Waals surface area contributed by atoms with E-state index in [9.17, 15) is 13.2 Å². The van der Waals surface area contributed by atoms with Crippen LogP contribution in [0.5, 0.6) is 0 Å². The number of nitrogens with zero attached hydrogens (tertiary/aromatic N) is 3. The van der Waals surface area contributed by atoms with Crippen LogP contribution in [-0.2, 0) is 21.1 Å². The van der Waals surface area contributed by atoms with Gasteiger partial charge in [-0.1, -0.05) is 42.8 Å². The number of para-hydroxylation sites is 1. The summed E-state index contributed by atoms with van der Waals surface area (Å²) in [5, 5.41) is 3.72. The van der Waals surface area contributed by atoms with E-state index in [0.717, 1.165) is 18.4 Å². The van der Waals surface area contributed by atoms with Crippen molar-refractivity contribution in [3.8, 4) is 11.3 Å². The minimum atomic E-state index is -3.49. The maximum absolute atomic E-state index is 13.4. The number of hydrogen-bond acceptors (Lipinski definition) is 7. The lowest BCUT2D eigenvalue weighted by Gasteiger charge is -2.23. The number of carbonyl (C=O) groups is 1. The first-order valence-electron chi connectivity index (χ1n) is 11.5. The first-order valence-corrected chi connectivity index (χ1v) is 13.5. The van der Waals surface area contributed by atoms with E-state index >= 15 is 0 Å². The lowest BCUT2D eigenvalue weighted by atomic mass is 10.0. The number of carbonyl (C=O) groups excluding carboxylic acids is 1. The molecular weight excluding hydrogens is 488 g/mol. The molecule has 2 aliphatic rings. The van der Waals surface area contributed by atoms with Crippen LogP contribution in [0.1, 0.15) is 35.7 Å². The van der Waals surface area contributed by atoms with Crippen molar-refractivity contribution in [1.82, 2.24) is 9.97 Å². The fraction of sp³-hybridized carbons (Fsp3) is 0.320. The maximum Gasteiger partial charge on any atom is 0.258 e. The van der Waals surface area contributed by atoms with E-state index in [2.05, 4.69) is 15.3 Å². The molecule has 2 aliphatic heterocycles. The molecule has 0 spiro atoms. The molecule has 0 atom stereocenters. The number of benzene rings is 2. The average molecular weight is 513 g/mol. The normalized spacial score (nSPS) is 16.4. The second kappa shape index (κ2) is 9.56. The highest BCUT2D eigenvalue weighted by atomic mass is 35.5. The highest BCUT2D eigenvalue weighted by Crippen LogP contribution is 2.36. The zero-order chi connectivity index (χ0) is 24.6. The molecule has 0 bridgehead atoms. The van der Waals surface area contributed by atoms with Gasteiger partial charge in [-0.3, -0.25) is 4.79 Å². The van der Waals surface area contributed by atoms with Gasteiger partial charge in [-0.15, -0.1) is 0 Å². The smallest absolute Gasteiger partial charge is 0.258 e. The molecule has 35 heavy (non-hydrogen) atoms. The van der Waals surface area contributed by atoms with E-state index in [1.807, 2.05) is 12.1 Å². The molecule has 182 valence electrons. The summed E-state index contributed by atoms with van der Waals surface area (Å²) < 4.78 is 30.7. The quantitative estimate of drug-likeness (QED) is 0.524. The van der Waals surface area contributed by atoms with Gasteiger partial charge in [-0.05, 0) is 36.6 Å². The van der Waals surface area contributed by atoms with Crippen LogP contribution in [0.2, 0.25) is 5.02 Å². The molecule has 0 radical (unpaired) electrons. The summed E-state index contributed by atoms with van der Waals surface area (Å²) in [6.45, 7) is 3.28. The number of ether oxygens (including phenoxy) is 1. The van der Waals surface area contributed by atoms with Gasteiger partial charge >= 0.3 is 0 Å². The van der Waals surface area contributed by atoms with E-state index in [1.54, 1.807) is 43.5 Å². The Morgan fingerprint density at radius 1 is 1.17 bits per heavy atom. The van der Waals surface area contributed by atoms with Crippen LogP contribution in [-0.4, -0.2) is 49.3 Å². The summed E-state index contributed by atoms with van der Waals surface area (Å²) in [7, 11) is -3.49. The molecule has 1 aromatic heterocycles. The molecule has 1 saturated heterocycles. The van der Waals surface area contributed by atoms with Crippen molar-refractivity contribution in [2.75, 3.05) is 29.2 Å². The highest BCUT2D eigenvalue weighted by Gasteiger charge is 2.32. The minimum absolute atomic E-state index is 0.0421. The fourth-order valence-electron chi connectivity index (χ4n) is 4.41. The lowest BCUT2D eigenvalue weighted by molar-refractivity contribution is 0.0903. The molecule has 3 aromatic rings. The Morgan fingerprint density at radius 2 is 1.94 bits per heavy atom. The first kappa shape index (κ1) is 23.7. The fourth-order valence-corrected chi connectivity index (χ4v) is 5.70. The van der Waals surface area contributed by atoms with Crippen molar-refractivity contribution in [2.24, 2.45) is 0 Å². The zero-order valence-corrected chi connectivity index (χ0v) is 20.8. The second-order valence-corrected chi connectivity index (χ2v) is 11.2. The SMILES string of the molecule is CCS(=O)(=O)c1ccccc1N1Cc2ccc(-c3nc(NC4CCOCC4)ncc3Cl)cc2C1=O. The molecule has 2 aromatic carbocycles. The van der Waals surface area contributed by atoms with Crippen LogP contribution in [0, 0.1) is 0 Å². The first-order chi connectivity index (χ1) is 16.9. The topological polar surface area (TPSA) is 101 Å². The van der Waals surface area contributed by atoms with Gasteiger partial charge in [0.05, 0.1) is 39.8 Å². The third-order valence-corrected chi connectivity index (χ3v) is 8.41. The zero-order valence-electron chi connectivity index (χ0n) is 19.2. The summed E-state index contributed by atoms with van der Waals surface area (Å²) >= 11 is 6.44. The standard InChI is InChI=1S/C25H25ClN4O4S/c1-2-35(32,33)22-6-4-3-5-21(22)30-15-17-8-7-16(13-19(17)24(30)31)23-20(26)14-27-25(29-23)28-18-9-11-34-12-10-18/h3-8,13-14,18H,2,9-12,15H2,1H3,(H,27,28,29). The van der Waals surface area contributed by atoms with Crippen LogP contribution in [0.4, 0.5) is 11.6 Å². The number of hydrogen-bond donors (Lipinski definition) is 1. The summed E-state index contributed by atoms with van der Waals surface area (Å²) in [5.41, 5.74) is 2.92. The predicted octanol–water partition coefficient (Wildman–Crippen LogP) is 4.34. The Morgan fingerprint density at radius 3 is 2.71 bits per heavy atom. The molecule has 1 N–H and O–H groups in total. The Hall–Kier alpha value is -3.01. The third kappa shape index (κ3) is 4.63. The number of aromatic nitrogens is 2. The number of rotatable bonds is 6. The number of halogens is 1. The van der Waals surface area contributed by atoms with Crippen LogP contribution >= 0.6 is 11.6 Å². The molecule has 0 saturated carbocycles. The monoisotopic (exact) mass is 512 g/mol. The maximum atomic E-state index is 13.4. The highest BCUT2D eigenvalue weighted by molar-refractivity contribution is 7.91. The number of anilines is 2. The van der Waals surface area contributed by atoms with E-state index in [-0.39, 0.29) is 22.6 Å². The molecule has 1 fully saturated rings. The van der Waals surface area contributed by atoms with Crippen LogP contribution in [0.25, 0.3) is 11.3 Å². The van der Waals surface area contributed by atoms with Gasteiger partial charge in [-0.2, -0.15) is 0 Å². The van der Waals surface area contributed by atoms with Crippen LogP contribution in [0.3, 0.4) is 0 Å². The number of nitrogens with one attached hydrogen (secondary N) is 1.